The van der Waals surface area contributed by atoms with Crippen molar-refractivity contribution in [2.75, 3.05) is 19.1 Å². The molecule has 0 aromatic carbocycles. The van der Waals surface area contributed by atoms with Crippen molar-refractivity contribution in [3.63, 3.8) is 0 Å². The van der Waals surface area contributed by atoms with E-state index in [9.17, 15) is 18.0 Å². The molecule has 0 amide bonds. The van der Waals surface area contributed by atoms with Gasteiger partial charge in [0.15, 0.2) is 6.10 Å². The lowest BCUT2D eigenvalue weighted by Gasteiger charge is -2.15. The summed E-state index contributed by atoms with van der Waals surface area (Å²) in [5.41, 5.74) is 0. The largest absolute Gasteiger partial charge is 0.466 e. The molecule has 0 aromatic rings. The van der Waals surface area contributed by atoms with Gasteiger partial charge in [-0.2, -0.15) is 0 Å². The van der Waals surface area contributed by atoms with E-state index in [1.807, 2.05) is 6.92 Å². The molecule has 0 spiro atoms. The first-order valence-electron chi connectivity index (χ1n) is 6.25. The summed E-state index contributed by atoms with van der Waals surface area (Å²) < 4.78 is 31.4. The molecule has 0 bridgehead atoms. The summed E-state index contributed by atoms with van der Waals surface area (Å²) in [7, 11) is -1.85. The average Bonchev–Trinajstić information content (AvgIpc) is 2.31. The van der Waals surface area contributed by atoms with E-state index in [1.165, 1.54) is 7.11 Å². The van der Waals surface area contributed by atoms with Gasteiger partial charge in [-0.05, 0) is 19.3 Å². The predicted molar refractivity (Wildman–Crippen MR) is 70.4 cm³/mol. The minimum Gasteiger partial charge on any atom is -0.466 e. The Bertz CT molecular complexity index is 387. The Labute approximate surface area is 114 Å². The molecule has 0 N–H and O–H groups in total. The van der Waals surface area contributed by atoms with Crippen molar-refractivity contribution < 1.29 is 27.5 Å². The van der Waals surface area contributed by atoms with E-state index < -0.39 is 27.9 Å². The van der Waals surface area contributed by atoms with E-state index in [-0.39, 0.29) is 18.6 Å². The molecule has 7 heteroatoms. The van der Waals surface area contributed by atoms with Crippen LogP contribution in [-0.2, 0) is 28.9 Å². The van der Waals surface area contributed by atoms with Gasteiger partial charge in [-0.1, -0.05) is 13.3 Å². The van der Waals surface area contributed by atoms with Crippen LogP contribution < -0.4 is 0 Å². The molecule has 0 saturated carbocycles. The normalized spacial score (nSPS) is 12.8. The van der Waals surface area contributed by atoms with Crippen molar-refractivity contribution in [3.8, 4) is 0 Å². The molecule has 0 aliphatic heterocycles. The highest BCUT2D eigenvalue weighted by molar-refractivity contribution is 7.90. The highest BCUT2D eigenvalue weighted by Crippen LogP contribution is 2.09. The van der Waals surface area contributed by atoms with E-state index in [2.05, 4.69) is 4.74 Å². The molecule has 0 saturated heterocycles. The summed E-state index contributed by atoms with van der Waals surface area (Å²) in [6, 6.07) is 0. The smallest absolute Gasteiger partial charge is 0.347 e. The number of esters is 2. The van der Waals surface area contributed by atoms with Crippen LogP contribution in [0.4, 0.5) is 0 Å². The van der Waals surface area contributed by atoms with E-state index in [1.54, 1.807) is 0 Å². The van der Waals surface area contributed by atoms with E-state index in [4.69, 9.17) is 4.74 Å². The first kappa shape index (κ1) is 17.9. The number of rotatable bonds is 9. The summed E-state index contributed by atoms with van der Waals surface area (Å²) in [6.07, 6.45) is 2.43. The summed E-state index contributed by atoms with van der Waals surface area (Å²) >= 11 is 0. The molecule has 0 aliphatic rings. The van der Waals surface area contributed by atoms with Crippen LogP contribution in [0.25, 0.3) is 0 Å². The zero-order chi connectivity index (χ0) is 14.9. The quantitative estimate of drug-likeness (QED) is 0.592. The minimum absolute atomic E-state index is 0.0211. The van der Waals surface area contributed by atoms with Crippen molar-refractivity contribution >= 4 is 21.8 Å². The monoisotopic (exact) mass is 294 g/mol. The SMILES string of the molecule is CCCCC(OC(=O)CCCS(C)(=O)=O)C(=O)OC. The lowest BCUT2D eigenvalue weighted by molar-refractivity contribution is -0.166. The second-order valence-electron chi connectivity index (χ2n) is 4.38. The first-order chi connectivity index (χ1) is 8.80. The molecule has 0 fully saturated rings. The Morgan fingerprint density at radius 2 is 1.84 bits per heavy atom. The zero-order valence-electron chi connectivity index (χ0n) is 11.7. The van der Waals surface area contributed by atoms with Crippen molar-refractivity contribution in [1.29, 1.82) is 0 Å². The average molecular weight is 294 g/mol. The number of carbonyl (C=O) groups excluding carboxylic acids is 2. The van der Waals surface area contributed by atoms with Crippen LogP contribution in [-0.4, -0.2) is 45.6 Å². The standard InChI is InChI=1S/C12H22O6S/c1-4-5-7-10(12(14)17-2)18-11(13)8-6-9-19(3,15)16/h10H,4-9H2,1-3H3. The molecule has 0 radical (unpaired) electrons. The number of unbranched alkanes of at least 4 members (excludes halogenated alkanes) is 1. The van der Waals surface area contributed by atoms with Crippen LogP contribution in [0.2, 0.25) is 0 Å². The Hall–Kier alpha value is -1.11. The number of ether oxygens (including phenoxy) is 2. The molecule has 0 aromatic heterocycles. The van der Waals surface area contributed by atoms with Crippen molar-refractivity contribution in [1.82, 2.24) is 0 Å². The highest BCUT2D eigenvalue weighted by Gasteiger charge is 2.23. The van der Waals surface area contributed by atoms with Crippen molar-refractivity contribution in [2.45, 2.75) is 45.1 Å². The van der Waals surface area contributed by atoms with E-state index >= 15 is 0 Å². The minimum atomic E-state index is -3.08. The highest BCUT2D eigenvalue weighted by atomic mass is 32.2. The summed E-state index contributed by atoms with van der Waals surface area (Å²) in [5.74, 6) is -1.22. The Morgan fingerprint density at radius 3 is 2.32 bits per heavy atom. The predicted octanol–water partition coefficient (Wildman–Crippen LogP) is 1.09. The lowest BCUT2D eigenvalue weighted by atomic mass is 10.1. The molecule has 0 rings (SSSR count). The Balaban J connectivity index is 4.19. The van der Waals surface area contributed by atoms with Crippen LogP contribution in [0.3, 0.4) is 0 Å². The van der Waals surface area contributed by atoms with Gasteiger partial charge in [0.1, 0.15) is 9.84 Å². The number of hydrogen-bond acceptors (Lipinski definition) is 6. The molecule has 1 atom stereocenters. The van der Waals surface area contributed by atoms with Gasteiger partial charge in [0, 0.05) is 12.7 Å². The Morgan fingerprint density at radius 1 is 1.21 bits per heavy atom. The van der Waals surface area contributed by atoms with Crippen LogP contribution >= 0.6 is 0 Å². The molecule has 0 heterocycles. The number of sulfone groups is 1. The van der Waals surface area contributed by atoms with Gasteiger partial charge in [-0.25, -0.2) is 13.2 Å². The summed E-state index contributed by atoms with van der Waals surface area (Å²) in [4.78, 5) is 22.9. The molecule has 112 valence electrons. The number of carbonyl (C=O) groups is 2. The van der Waals surface area contributed by atoms with Crippen LogP contribution in [0.15, 0.2) is 0 Å². The van der Waals surface area contributed by atoms with Crippen LogP contribution in [0.5, 0.6) is 0 Å². The first-order valence-corrected chi connectivity index (χ1v) is 8.31. The molecule has 6 nitrogen and oxygen atoms in total. The van der Waals surface area contributed by atoms with E-state index in [0.29, 0.717) is 6.42 Å². The summed E-state index contributed by atoms with van der Waals surface area (Å²) in [6.45, 7) is 1.96. The molecule has 19 heavy (non-hydrogen) atoms. The third kappa shape index (κ3) is 9.47. The zero-order valence-corrected chi connectivity index (χ0v) is 12.5. The lowest BCUT2D eigenvalue weighted by Crippen LogP contribution is -2.28. The fourth-order valence-corrected chi connectivity index (χ4v) is 2.11. The van der Waals surface area contributed by atoms with E-state index in [0.717, 1.165) is 19.1 Å². The third-order valence-electron chi connectivity index (χ3n) is 2.45. The van der Waals surface area contributed by atoms with Gasteiger partial charge in [-0.15, -0.1) is 0 Å². The maximum absolute atomic E-state index is 11.5. The maximum atomic E-state index is 11.5. The third-order valence-corrected chi connectivity index (χ3v) is 3.48. The maximum Gasteiger partial charge on any atom is 0.347 e. The van der Waals surface area contributed by atoms with Gasteiger partial charge in [0.25, 0.3) is 0 Å². The van der Waals surface area contributed by atoms with Gasteiger partial charge >= 0.3 is 11.9 Å². The fourth-order valence-electron chi connectivity index (χ4n) is 1.44. The molecular weight excluding hydrogens is 272 g/mol. The van der Waals surface area contributed by atoms with Crippen molar-refractivity contribution in [3.05, 3.63) is 0 Å². The van der Waals surface area contributed by atoms with Gasteiger partial charge in [0.2, 0.25) is 0 Å². The summed E-state index contributed by atoms with van der Waals surface area (Å²) in [5, 5.41) is 0. The van der Waals surface area contributed by atoms with Gasteiger partial charge in [-0.3, -0.25) is 4.79 Å². The second-order valence-corrected chi connectivity index (χ2v) is 6.64. The van der Waals surface area contributed by atoms with Gasteiger partial charge in [0.05, 0.1) is 12.9 Å². The van der Waals surface area contributed by atoms with Crippen LogP contribution in [0.1, 0.15) is 39.0 Å². The van der Waals surface area contributed by atoms with Crippen LogP contribution in [0, 0.1) is 0 Å². The molecule has 0 aliphatic carbocycles. The van der Waals surface area contributed by atoms with Crippen molar-refractivity contribution in [2.24, 2.45) is 0 Å². The number of hydrogen-bond donors (Lipinski definition) is 0. The fraction of sp³-hybridized carbons (Fsp3) is 0.833. The Kier molecular flexibility index (Phi) is 8.38. The second kappa shape index (κ2) is 8.90. The molecular formula is C12H22O6S. The topological polar surface area (TPSA) is 86.7 Å². The number of methoxy groups -OCH3 is 1. The van der Waals surface area contributed by atoms with Gasteiger partial charge < -0.3 is 9.47 Å². The molecule has 1 unspecified atom stereocenters.